The second-order valence-electron chi connectivity index (χ2n) is 6.60. The highest BCUT2D eigenvalue weighted by Crippen LogP contribution is 2.24. The third kappa shape index (κ3) is 4.04. The van der Waals surface area contributed by atoms with E-state index in [1.165, 1.54) is 0 Å². The number of carbonyl (C=O) groups excluding carboxylic acids is 1. The Morgan fingerprint density at radius 1 is 1.42 bits per heavy atom. The van der Waals surface area contributed by atoms with E-state index < -0.39 is 0 Å². The van der Waals surface area contributed by atoms with E-state index in [1.807, 2.05) is 11.9 Å². The Morgan fingerprint density at radius 2 is 2.17 bits per heavy atom. The van der Waals surface area contributed by atoms with E-state index in [4.69, 9.17) is 0 Å². The van der Waals surface area contributed by atoms with Gasteiger partial charge in [0, 0.05) is 56.9 Å². The maximum Gasteiger partial charge on any atom is 0.274 e. The first-order chi connectivity index (χ1) is 10.6. The molecular weight excluding hydrogens is 349 g/mol. The normalized spacial score (nSPS) is 23.6. The topological polar surface area (TPSA) is 64.3 Å². The maximum absolute atomic E-state index is 12.9. The number of likely N-dealkylation sites (tertiary alicyclic amines) is 1. The summed E-state index contributed by atoms with van der Waals surface area (Å²) in [6.07, 6.45) is 1.97. The average Bonchev–Trinajstić information content (AvgIpc) is 2.97. The number of aromatic nitrogens is 2. The van der Waals surface area contributed by atoms with E-state index in [9.17, 15) is 4.79 Å². The fourth-order valence-corrected chi connectivity index (χ4v) is 3.80. The van der Waals surface area contributed by atoms with Crippen molar-refractivity contribution in [3.8, 4) is 0 Å². The van der Waals surface area contributed by atoms with Crippen LogP contribution in [0.4, 0.5) is 0 Å². The molecule has 1 aromatic heterocycles. The number of rotatable bonds is 3. The highest BCUT2D eigenvalue weighted by molar-refractivity contribution is 5.94. The molecule has 0 radical (unpaired) electrons. The first kappa shape index (κ1) is 21.2. The van der Waals surface area contributed by atoms with Crippen LogP contribution in [0.2, 0.25) is 0 Å². The minimum absolute atomic E-state index is 0. The lowest BCUT2D eigenvalue weighted by Gasteiger charge is -2.40. The van der Waals surface area contributed by atoms with Gasteiger partial charge in [-0.15, -0.1) is 24.8 Å². The summed E-state index contributed by atoms with van der Waals surface area (Å²) < 4.78 is 0. The van der Waals surface area contributed by atoms with Gasteiger partial charge in [-0.05, 0) is 18.9 Å². The highest BCUT2D eigenvalue weighted by Gasteiger charge is 2.33. The summed E-state index contributed by atoms with van der Waals surface area (Å²) in [5.41, 5.74) is 2.78. The maximum atomic E-state index is 12.9. The summed E-state index contributed by atoms with van der Waals surface area (Å²) in [4.78, 5) is 17.3. The summed E-state index contributed by atoms with van der Waals surface area (Å²) in [6.45, 7) is 9.37. The third-order valence-electron chi connectivity index (χ3n) is 5.22. The van der Waals surface area contributed by atoms with Gasteiger partial charge in [-0.1, -0.05) is 13.8 Å². The predicted octanol–water partition coefficient (Wildman–Crippen LogP) is 1.70. The number of nitrogens with zero attached hydrogens (tertiary/aromatic N) is 3. The molecule has 2 unspecified atom stereocenters. The van der Waals surface area contributed by atoms with Crippen LogP contribution in [0.25, 0.3) is 0 Å². The fraction of sp³-hybridized carbons (Fsp3) is 0.750. The molecule has 3 heterocycles. The Morgan fingerprint density at radius 3 is 2.83 bits per heavy atom. The second-order valence-corrected chi connectivity index (χ2v) is 6.60. The van der Waals surface area contributed by atoms with E-state index in [-0.39, 0.29) is 30.7 Å². The van der Waals surface area contributed by atoms with Gasteiger partial charge in [-0.3, -0.25) is 9.89 Å². The van der Waals surface area contributed by atoms with Crippen LogP contribution in [0.5, 0.6) is 0 Å². The monoisotopic (exact) mass is 377 g/mol. The van der Waals surface area contributed by atoms with Gasteiger partial charge in [0.15, 0.2) is 5.69 Å². The summed E-state index contributed by atoms with van der Waals surface area (Å²) in [7, 11) is 1.93. The van der Waals surface area contributed by atoms with Crippen molar-refractivity contribution in [2.24, 2.45) is 5.92 Å². The lowest BCUT2D eigenvalue weighted by molar-refractivity contribution is 0.0514. The Balaban J connectivity index is 0.00000144. The lowest BCUT2D eigenvalue weighted by atomic mass is 9.92. The molecule has 2 aliphatic heterocycles. The van der Waals surface area contributed by atoms with E-state index in [1.54, 1.807) is 0 Å². The van der Waals surface area contributed by atoms with Crippen LogP contribution in [0.3, 0.4) is 0 Å². The molecule has 1 fully saturated rings. The first-order valence-corrected chi connectivity index (χ1v) is 8.38. The largest absolute Gasteiger partial charge is 0.337 e. The Bertz CT molecular complexity index is 551. The SMILES string of the molecule is CCN1CCC(N(C)C(=O)c2n[nH]c3c2CNCC3)C(C)C1.Cl.Cl. The summed E-state index contributed by atoms with van der Waals surface area (Å²) >= 11 is 0. The lowest BCUT2D eigenvalue weighted by Crippen LogP contribution is -2.50. The molecule has 138 valence electrons. The summed E-state index contributed by atoms with van der Waals surface area (Å²) in [5, 5.41) is 10.7. The van der Waals surface area contributed by atoms with Gasteiger partial charge in [0.2, 0.25) is 0 Å². The minimum atomic E-state index is 0. The number of hydrogen-bond acceptors (Lipinski definition) is 4. The molecule has 24 heavy (non-hydrogen) atoms. The van der Waals surface area contributed by atoms with Gasteiger partial charge in [-0.25, -0.2) is 0 Å². The molecule has 6 nitrogen and oxygen atoms in total. The Labute approximate surface area is 156 Å². The van der Waals surface area contributed by atoms with Gasteiger partial charge < -0.3 is 15.1 Å². The van der Waals surface area contributed by atoms with Crippen molar-refractivity contribution in [2.75, 3.05) is 33.2 Å². The molecule has 8 heteroatoms. The standard InChI is InChI=1S/C16H27N5O.2ClH/c1-4-21-8-6-14(11(2)10-21)20(3)16(22)15-12-9-17-7-5-13(12)18-19-15;;/h11,14,17H,4-10H2,1-3H3,(H,18,19);2*1H. The van der Waals surface area contributed by atoms with Crippen molar-refractivity contribution in [1.29, 1.82) is 0 Å². The van der Waals surface area contributed by atoms with Crippen LogP contribution in [0.15, 0.2) is 0 Å². The number of carbonyl (C=O) groups is 1. The number of halogens is 2. The zero-order valence-corrected chi connectivity index (χ0v) is 16.3. The van der Waals surface area contributed by atoms with E-state index in [0.717, 1.165) is 56.8 Å². The molecule has 2 atom stereocenters. The minimum Gasteiger partial charge on any atom is -0.337 e. The summed E-state index contributed by atoms with van der Waals surface area (Å²) in [5.74, 6) is 0.554. The highest BCUT2D eigenvalue weighted by atomic mass is 35.5. The van der Waals surface area contributed by atoms with Crippen molar-refractivity contribution >= 4 is 30.7 Å². The van der Waals surface area contributed by atoms with Crippen molar-refractivity contribution in [2.45, 2.75) is 39.3 Å². The predicted molar refractivity (Wildman–Crippen MR) is 100 cm³/mol. The number of hydrogen-bond donors (Lipinski definition) is 2. The Kier molecular flexibility index (Phi) is 7.99. The number of aromatic amines is 1. The Hall–Kier alpha value is -0.820. The third-order valence-corrected chi connectivity index (χ3v) is 5.22. The van der Waals surface area contributed by atoms with Crippen molar-refractivity contribution in [3.05, 3.63) is 17.0 Å². The molecule has 0 aliphatic carbocycles. The number of piperidine rings is 1. The van der Waals surface area contributed by atoms with Crippen LogP contribution in [-0.2, 0) is 13.0 Å². The van der Waals surface area contributed by atoms with Gasteiger partial charge in [-0.2, -0.15) is 5.10 Å². The van der Waals surface area contributed by atoms with Crippen LogP contribution in [0.1, 0.15) is 42.0 Å². The molecule has 0 aromatic carbocycles. The molecule has 0 saturated carbocycles. The van der Waals surface area contributed by atoms with Crippen LogP contribution in [0, 0.1) is 5.92 Å². The van der Waals surface area contributed by atoms with Gasteiger partial charge in [0.05, 0.1) is 0 Å². The van der Waals surface area contributed by atoms with E-state index >= 15 is 0 Å². The summed E-state index contributed by atoms with van der Waals surface area (Å²) in [6, 6.07) is 0.305. The molecular formula is C16H29Cl2N5O. The number of fused-ring (bicyclic) bond motifs is 1. The molecule has 3 rings (SSSR count). The zero-order chi connectivity index (χ0) is 15.7. The van der Waals surface area contributed by atoms with E-state index in [0.29, 0.717) is 17.7 Å². The van der Waals surface area contributed by atoms with Crippen LogP contribution >= 0.6 is 24.8 Å². The molecule has 2 aliphatic rings. The number of H-pyrrole nitrogens is 1. The molecule has 0 spiro atoms. The van der Waals surface area contributed by atoms with Crippen molar-refractivity contribution in [3.63, 3.8) is 0 Å². The van der Waals surface area contributed by atoms with Gasteiger partial charge in [0.25, 0.3) is 5.91 Å². The molecule has 2 N–H and O–H groups in total. The molecule has 0 bridgehead atoms. The van der Waals surface area contributed by atoms with Crippen molar-refractivity contribution < 1.29 is 4.79 Å². The molecule has 1 aromatic rings. The fourth-order valence-electron chi connectivity index (χ4n) is 3.80. The van der Waals surface area contributed by atoms with Crippen LogP contribution in [-0.4, -0.2) is 65.2 Å². The average molecular weight is 378 g/mol. The van der Waals surface area contributed by atoms with Crippen LogP contribution < -0.4 is 5.32 Å². The number of amides is 1. The van der Waals surface area contributed by atoms with Gasteiger partial charge >= 0.3 is 0 Å². The first-order valence-electron chi connectivity index (χ1n) is 8.38. The van der Waals surface area contributed by atoms with Gasteiger partial charge in [0.1, 0.15) is 0 Å². The molecule has 1 amide bonds. The van der Waals surface area contributed by atoms with Crippen molar-refractivity contribution in [1.82, 2.24) is 25.3 Å². The zero-order valence-electron chi connectivity index (χ0n) is 14.7. The second kappa shape index (κ2) is 9.04. The smallest absolute Gasteiger partial charge is 0.274 e. The van der Waals surface area contributed by atoms with E-state index in [2.05, 4.69) is 34.3 Å². The molecule has 1 saturated heterocycles. The number of nitrogens with one attached hydrogen (secondary N) is 2. The quantitative estimate of drug-likeness (QED) is 0.841.